The first-order valence-corrected chi connectivity index (χ1v) is 8.76. The van der Waals surface area contributed by atoms with Gasteiger partial charge in [-0.3, -0.25) is 4.79 Å². The van der Waals surface area contributed by atoms with Gasteiger partial charge in [0, 0.05) is 18.7 Å². The van der Waals surface area contributed by atoms with Crippen molar-refractivity contribution >= 4 is 21.4 Å². The highest BCUT2D eigenvalue weighted by Gasteiger charge is 2.28. The molecule has 0 aliphatic carbocycles. The van der Waals surface area contributed by atoms with E-state index in [0.29, 0.717) is 10.6 Å². The molecule has 0 unspecified atom stereocenters. The summed E-state index contributed by atoms with van der Waals surface area (Å²) in [7, 11) is -3.34. The van der Waals surface area contributed by atoms with Crippen LogP contribution in [0, 0.1) is 0 Å². The van der Waals surface area contributed by atoms with Crippen LogP contribution in [0.1, 0.15) is 45.2 Å². The lowest BCUT2D eigenvalue weighted by Crippen LogP contribution is -2.21. The summed E-state index contributed by atoms with van der Waals surface area (Å²) in [4.78, 5) is 11.6. The van der Waals surface area contributed by atoms with E-state index in [1.807, 2.05) is 0 Å². The molecule has 1 atom stereocenters. The third-order valence-electron chi connectivity index (χ3n) is 3.69. The summed E-state index contributed by atoms with van der Waals surface area (Å²) in [5.41, 5.74) is 1.39. The second-order valence-electron chi connectivity index (χ2n) is 5.68. The molecule has 5 nitrogen and oxygen atoms in total. The van der Waals surface area contributed by atoms with Gasteiger partial charge < -0.3 is 10.6 Å². The van der Waals surface area contributed by atoms with Crippen molar-refractivity contribution in [2.75, 3.05) is 11.9 Å². The largest absolute Gasteiger partial charge is 0.326 e. The molecule has 1 aliphatic rings. The van der Waals surface area contributed by atoms with Gasteiger partial charge >= 0.3 is 0 Å². The van der Waals surface area contributed by atoms with Gasteiger partial charge in [-0.25, -0.2) is 8.42 Å². The molecule has 0 saturated carbocycles. The average molecular weight is 310 g/mol. The Morgan fingerprint density at radius 3 is 2.62 bits per heavy atom. The number of sulfone groups is 1. The number of amides is 1. The summed E-state index contributed by atoms with van der Waals surface area (Å²) in [6.45, 7) is 5.69. The van der Waals surface area contributed by atoms with Gasteiger partial charge in [0.1, 0.15) is 0 Å². The van der Waals surface area contributed by atoms with Gasteiger partial charge in [0.15, 0.2) is 9.84 Å². The van der Waals surface area contributed by atoms with E-state index in [0.717, 1.165) is 24.9 Å². The molecule has 0 spiro atoms. The molecule has 0 radical (unpaired) electrons. The van der Waals surface area contributed by atoms with Gasteiger partial charge in [0.05, 0.1) is 10.1 Å². The third-order valence-corrected chi connectivity index (χ3v) is 5.92. The molecule has 1 aromatic rings. The third kappa shape index (κ3) is 3.44. The number of hydrogen-bond donors (Lipinski definition) is 2. The summed E-state index contributed by atoms with van der Waals surface area (Å²) < 4.78 is 25.1. The molecule has 2 N–H and O–H groups in total. The van der Waals surface area contributed by atoms with E-state index in [1.165, 1.54) is 6.92 Å². The molecule has 1 fully saturated rings. The molecule has 2 rings (SSSR count). The van der Waals surface area contributed by atoms with Crippen molar-refractivity contribution in [1.29, 1.82) is 0 Å². The first-order valence-electron chi connectivity index (χ1n) is 7.21. The number of benzene rings is 1. The van der Waals surface area contributed by atoms with E-state index in [4.69, 9.17) is 0 Å². The Morgan fingerprint density at radius 2 is 2.10 bits per heavy atom. The highest BCUT2D eigenvalue weighted by atomic mass is 32.2. The van der Waals surface area contributed by atoms with Crippen LogP contribution in [0.4, 0.5) is 5.69 Å². The number of carbonyl (C=O) groups is 1. The molecule has 21 heavy (non-hydrogen) atoms. The minimum absolute atomic E-state index is 0.0298. The SMILES string of the molecule is CC(=O)Nc1ccc(S(=O)(=O)C(C)C)c([C@@H]2CCCN2)c1. The standard InChI is InChI=1S/C15H22N2O3S/c1-10(2)21(19,20)15-7-6-12(17-11(3)18)9-13(15)14-5-4-8-16-14/h6-7,9-10,14,16H,4-5,8H2,1-3H3,(H,17,18)/t14-/m0/s1. The predicted octanol–water partition coefficient (Wildman–Crippen LogP) is 2.25. The molecule has 1 aromatic carbocycles. The second kappa shape index (κ2) is 6.15. The van der Waals surface area contributed by atoms with Crippen LogP contribution in [0.2, 0.25) is 0 Å². The van der Waals surface area contributed by atoms with Crippen LogP contribution in [0.15, 0.2) is 23.1 Å². The maximum Gasteiger partial charge on any atom is 0.221 e. The molecule has 0 aromatic heterocycles. The van der Waals surface area contributed by atoms with Gasteiger partial charge in [-0.1, -0.05) is 0 Å². The zero-order chi connectivity index (χ0) is 15.6. The average Bonchev–Trinajstić information content (AvgIpc) is 2.91. The van der Waals surface area contributed by atoms with Crippen molar-refractivity contribution in [2.45, 2.75) is 49.8 Å². The Balaban J connectivity index is 2.51. The van der Waals surface area contributed by atoms with Crippen LogP contribution in [0.5, 0.6) is 0 Å². The lowest BCUT2D eigenvalue weighted by Gasteiger charge is -2.19. The molecule has 1 saturated heterocycles. The maximum atomic E-state index is 12.5. The van der Waals surface area contributed by atoms with Gasteiger partial charge in [-0.05, 0) is 57.0 Å². The highest BCUT2D eigenvalue weighted by molar-refractivity contribution is 7.92. The summed E-state index contributed by atoms with van der Waals surface area (Å²) >= 11 is 0. The Bertz CT molecular complexity index is 632. The van der Waals surface area contributed by atoms with Crippen molar-refractivity contribution in [2.24, 2.45) is 0 Å². The zero-order valence-corrected chi connectivity index (χ0v) is 13.5. The summed E-state index contributed by atoms with van der Waals surface area (Å²) in [6.07, 6.45) is 1.93. The molecule has 0 bridgehead atoms. The second-order valence-corrected chi connectivity index (χ2v) is 8.15. The fourth-order valence-electron chi connectivity index (χ4n) is 2.56. The van der Waals surface area contributed by atoms with Crippen molar-refractivity contribution in [3.05, 3.63) is 23.8 Å². The molecule has 1 heterocycles. The van der Waals surface area contributed by atoms with Crippen LogP contribution in [0.25, 0.3) is 0 Å². The molecule has 6 heteroatoms. The van der Waals surface area contributed by atoms with Crippen LogP contribution in [0.3, 0.4) is 0 Å². The lowest BCUT2D eigenvalue weighted by atomic mass is 10.0. The van der Waals surface area contributed by atoms with E-state index in [2.05, 4.69) is 10.6 Å². The van der Waals surface area contributed by atoms with Crippen LogP contribution in [-0.4, -0.2) is 26.1 Å². The Morgan fingerprint density at radius 1 is 1.38 bits per heavy atom. The van der Waals surface area contributed by atoms with Crippen molar-refractivity contribution in [3.63, 3.8) is 0 Å². The van der Waals surface area contributed by atoms with E-state index in [1.54, 1.807) is 32.0 Å². The Kier molecular flexibility index (Phi) is 4.68. The normalized spacial score (nSPS) is 19.0. The topological polar surface area (TPSA) is 75.3 Å². The minimum Gasteiger partial charge on any atom is -0.326 e. The Labute approximate surface area is 126 Å². The molecular formula is C15H22N2O3S. The predicted molar refractivity (Wildman–Crippen MR) is 83.0 cm³/mol. The fourth-order valence-corrected chi connectivity index (χ4v) is 3.86. The Hall–Kier alpha value is -1.40. The van der Waals surface area contributed by atoms with E-state index in [9.17, 15) is 13.2 Å². The maximum absolute atomic E-state index is 12.5. The fraction of sp³-hybridized carbons (Fsp3) is 0.533. The first kappa shape index (κ1) is 16.0. The van der Waals surface area contributed by atoms with E-state index < -0.39 is 15.1 Å². The quantitative estimate of drug-likeness (QED) is 0.894. The van der Waals surface area contributed by atoms with Crippen LogP contribution in [-0.2, 0) is 14.6 Å². The number of carbonyl (C=O) groups excluding carboxylic acids is 1. The van der Waals surface area contributed by atoms with Gasteiger partial charge in [0.2, 0.25) is 5.91 Å². The monoisotopic (exact) mass is 310 g/mol. The zero-order valence-electron chi connectivity index (χ0n) is 12.6. The van der Waals surface area contributed by atoms with Crippen molar-refractivity contribution < 1.29 is 13.2 Å². The summed E-state index contributed by atoms with van der Waals surface area (Å²) in [5.74, 6) is -0.167. The highest BCUT2D eigenvalue weighted by Crippen LogP contribution is 2.32. The summed E-state index contributed by atoms with van der Waals surface area (Å²) in [5, 5.41) is 5.57. The number of anilines is 1. The van der Waals surface area contributed by atoms with Crippen molar-refractivity contribution in [3.8, 4) is 0 Å². The molecule has 1 amide bonds. The van der Waals surface area contributed by atoms with Gasteiger partial charge in [-0.15, -0.1) is 0 Å². The van der Waals surface area contributed by atoms with Crippen LogP contribution >= 0.6 is 0 Å². The van der Waals surface area contributed by atoms with Gasteiger partial charge in [-0.2, -0.15) is 0 Å². The van der Waals surface area contributed by atoms with E-state index >= 15 is 0 Å². The minimum atomic E-state index is -3.34. The summed E-state index contributed by atoms with van der Waals surface area (Å²) in [6, 6.07) is 5.06. The lowest BCUT2D eigenvalue weighted by molar-refractivity contribution is -0.114. The molecule has 116 valence electrons. The van der Waals surface area contributed by atoms with Crippen molar-refractivity contribution in [1.82, 2.24) is 5.32 Å². The molecule has 1 aliphatic heterocycles. The van der Waals surface area contributed by atoms with Crippen LogP contribution < -0.4 is 10.6 Å². The first-order chi connectivity index (χ1) is 9.82. The molecular weight excluding hydrogens is 288 g/mol. The van der Waals surface area contributed by atoms with Gasteiger partial charge in [0.25, 0.3) is 0 Å². The smallest absolute Gasteiger partial charge is 0.221 e. The number of nitrogens with one attached hydrogen (secondary N) is 2. The van der Waals surface area contributed by atoms with E-state index in [-0.39, 0.29) is 11.9 Å². The number of hydrogen-bond acceptors (Lipinski definition) is 4. The number of rotatable bonds is 4.